The van der Waals surface area contributed by atoms with Crippen molar-refractivity contribution in [2.45, 2.75) is 25.8 Å². The molecule has 9 heavy (non-hydrogen) atoms. The van der Waals surface area contributed by atoms with Crippen molar-refractivity contribution in [3.63, 3.8) is 0 Å². The van der Waals surface area contributed by atoms with Gasteiger partial charge in [0.25, 0.3) is 0 Å². The zero-order valence-electron chi connectivity index (χ0n) is 5.43. The lowest BCUT2D eigenvalue weighted by Gasteiger charge is -2.12. The Balaban J connectivity index is 2.49. The smallest absolute Gasteiger partial charge is 0.147 e. The van der Waals surface area contributed by atoms with Gasteiger partial charge < -0.3 is 0 Å². The van der Waals surface area contributed by atoms with Crippen molar-refractivity contribution in [1.82, 2.24) is 3.11 Å². The molecule has 0 radical (unpaired) electrons. The first-order valence-corrected chi connectivity index (χ1v) is 4.11. The minimum atomic E-state index is 0.214. The number of hydrogen-bond donors (Lipinski definition) is 0. The summed E-state index contributed by atoms with van der Waals surface area (Å²) in [5.41, 5.74) is 0. The molecule has 0 spiro atoms. The number of carbonyl (C=O) groups is 1. The van der Waals surface area contributed by atoms with E-state index in [1.54, 1.807) is 6.92 Å². The number of carbonyl (C=O) groups excluding carboxylic acids is 1. The number of halogens is 1. The van der Waals surface area contributed by atoms with Crippen molar-refractivity contribution in [1.29, 1.82) is 0 Å². The predicted molar refractivity (Wildman–Crippen MR) is 44.4 cm³/mol. The van der Waals surface area contributed by atoms with Crippen molar-refractivity contribution in [2.24, 2.45) is 0 Å². The van der Waals surface area contributed by atoms with Gasteiger partial charge >= 0.3 is 0 Å². The first-order chi connectivity index (χ1) is 4.22. The summed E-state index contributed by atoms with van der Waals surface area (Å²) in [5.74, 6) is 0.307. The third-order valence-corrected chi connectivity index (χ3v) is 2.81. The summed E-state index contributed by atoms with van der Waals surface area (Å²) >= 11 is 2.22. The summed E-state index contributed by atoms with van der Waals surface area (Å²) in [6.07, 6.45) is 2.23. The monoisotopic (exact) mass is 239 g/mol. The first-order valence-electron chi connectivity index (χ1n) is 3.14. The molecule has 1 aliphatic heterocycles. The molecule has 1 saturated heterocycles. The SMILES string of the molecule is CC(=O)[C@@H]1CCCN1I. The highest BCUT2D eigenvalue weighted by Crippen LogP contribution is 2.21. The standard InChI is InChI=1S/C6H10INO/c1-5(9)6-3-2-4-8(6)7/h6H,2-4H2,1H3/t6-/m0/s1. The maximum Gasteiger partial charge on any atom is 0.147 e. The number of Topliss-reactive ketones (excluding diaryl/α,β-unsaturated/α-hetero) is 1. The molecule has 3 heteroatoms. The molecule has 0 unspecified atom stereocenters. The molecule has 2 nitrogen and oxygen atoms in total. The number of ketones is 1. The zero-order valence-corrected chi connectivity index (χ0v) is 7.59. The fraction of sp³-hybridized carbons (Fsp3) is 0.833. The molecule has 1 heterocycles. The van der Waals surface area contributed by atoms with Crippen LogP contribution in [-0.4, -0.2) is 21.5 Å². The highest BCUT2D eigenvalue weighted by molar-refractivity contribution is 14.1. The van der Waals surface area contributed by atoms with Crippen LogP contribution in [0.4, 0.5) is 0 Å². The molecule has 52 valence electrons. The van der Waals surface area contributed by atoms with E-state index in [0.29, 0.717) is 5.78 Å². The van der Waals surface area contributed by atoms with Crippen LogP contribution in [0.5, 0.6) is 0 Å². The van der Waals surface area contributed by atoms with Gasteiger partial charge in [0.2, 0.25) is 0 Å². The van der Waals surface area contributed by atoms with Gasteiger partial charge in [-0.1, -0.05) is 0 Å². The molecule has 1 rings (SSSR count). The van der Waals surface area contributed by atoms with Gasteiger partial charge in [0.15, 0.2) is 0 Å². The lowest BCUT2D eigenvalue weighted by Crippen LogP contribution is -2.26. The molecule has 0 bridgehead atoms. The molecule has 0 saturated carbocycles. The van der Waals surface area contributed by atoms with Crippen LogP contribution >= 0.6 is 22.9 Å². The topological polar surface area (TPSA) is 20.3 Å². The lowest BCUT2D eigenvalue weighted by molar-refractivity contribution is -0.119. The van der Waals surface area contributed by atoms with Crippen LogP contribution in [0.3, 0.4) is 0 Å². The van der Waals surface area contributed by atoms with E-state index in [2.05, 4.69) is 26.0 Å². The van der Waals surface area contributed by atoms with Gasteiger partial charge in [0.1, 0.15) is 5.78 Å². The van der Waals surface area contributed by atoms with E-state index < -0.39 is 0 Å². The van der Waals surface area contributed by atoms with Gasteiger partial charge in [-0.25, -0.2) is 3.11 Å². The molecule has 1 fully saturated rings. The van der Waals surface area contributed by atoms with Crippen molar-refractivity contribution < 1.29 is 4.79 Å². The second kappa shape index (κ2) is 2.96. The largest absolute Gasteiger partial charge is 0.298 e. The van der Waals surface area contributed by atoms with Crippen LogP contribution in [0.25, 0.3) is 0 Å². The minimum absolute atomic E-state index is 0.214. The van der Waals surface area contributed by atoms with E-state index in [1.165, 1.54) is 6.42 Å². The number of hydrogen-bond acceptors (Lipinski definition) is 2. The highest BCUT2D eigenvalue weighted by atomic mass is 127. The molecule has 0 aromatic carbocycles. The molecule has 0 N–H and O–H groups in total. The Morgan fingerprint density at radius 2 is 2.44 bits per heavy atom. The lowest BCUT2D eigenvalue weighted by atomic mass is 10.2. The normalized spacial score (nSPS) is 28.9. The van der Waals surface area contributed by atoms with Gasteiger partial charge in [-0.2, -0.15) is 0 Å². The van der Waals surface area contributed by atoms with E-state index in [-0.39, 0.29) is 6.04 Å². The van der Waals surface area contributed by atoms with Gasteiger partial charge in [-0.3, -0.25) is 4.79 Å². The van der Waals surface area contributed by atoms with E-state index in [4.69, 9.17) is 0 Å². The van der Waals surface area contributed by atoms with Crippen LogP contribution in [0.15, 0.2) is 0 Å². The van der Waals surface area contributed by atoms with Gasteiger partial charge in [0, 0.05) is 29.4 Å². The Labute approximate surface area is 69.1 Å². The predicted octanol–water partition coefficient (Wildman–Crippen LogP) is 1.39. The van der Waals surface area contributed by atoms with Gasteiger partial charge in [-0.05, 0) is 19.8 Å². The third kappa shape index (κ3) is 1.64. The fourth-order valence-electron chi connectivity index (χ4n) is 1.13. The second-order valence-electron chi connectivity index (χ2n) is 2.39. The van der Waals surface area contributed by atoms with Crippen LogP contribution in [0.2, 0.25) is 0 Å². The number of rotatable bonds is 1. The van der Waals surface area contributed by atoms with Crippen molar-refractivity contribution in [3.05, 3.63) is 0 Å². The zero-order chi connectivity index (χ0) is 6.85. The van der Waals surface area contributed by atoms with Crippen LogP contribution in [-0.2, 0) is 4.79 Å². The Bertz CT molecular complexity index is 126. The first kappa shape index (κ1) is 7.47. The summed E-state index contributed by atoms with van der Waals surface area (Å²) in [6, 6.07) is 0.214. The summed E-state index contributed by atoms with van der Waals surface area (Å²) in [6.45, 7) is 2.74. The Morgan fingerprint density at radius 1 is 1.78 bits per heavy atom. The molecular formula is C6H10INO. The van der Waals surface area contributed by atoms with Crippen LogP contribution in [0.1, 0.15) is 19.8 Å². The van der Waals surface area contributed by atoms with Crippen molar-refractivity contribution in [3.8, 4) is 0 Å². The van der Waals surface area contributed by atoms with Crippen molar-refractivity contribution in [2.75, 3.05) is 6.54 Å². The third-order valence-electron chi connectivity index (χ3n) is 1.66. The molecule has 0 aliphatic carbocycles. The summed E-state index contributed by atoms with van der Waals surface area (Å²) in [5, 5.41) is 0. The quantitative estimate of drug-likeness (QED) is 0.509. The van der Waals surface area contributed by atoms with Crippen LogP contribution < -0.4 is 0 Å². The summed E-state index contributed by atoms with van der Waals surface area (Å²) in [7, 11) is 0. The Kier molecular flexibility index (Phi) is 2.46. The molecule has 0 aromatic rings. The summed E-state index contributed by atoms with van der Waals surface area (Å²) < 4.78 is 2.10. The van der Waals surface area contributed by atoms with E-state index in [0.717, 1.165) is 13.0 Å². The number of nitrogens with zero attached hydrogens (tertiary/aromatic N) is 1. The molecule has 1 aliphatic rings. The fourth-order valence-corrected chi connectivity index (χ4v) is 2.14. The minimum Gasteiger partial charge on any atom is -0.298 e. The molecule has 1 atom stereocenters. The Hall–Kier alpha value is 0.360. The van der Waals surface area contributed by atoms with Crippen molar-refractivity contribution >= 4 is 28.6 Å². The maximum atomic E-state index is 10.8. The Morgan fingerprint density at radius 3 is 2.67 bits per heavy atom. The average Bonchev–Trinajstić information content (AvgIpc) is 2.13. The van der Waals surface area contributed by atoms with Gasteiger partial charge in [0.05, 0.1) is 6.04 Å². The van der Waals surface area contributed by atoms with Crippen LogP contribution in [0, 0.1) is 0 Å². The molecule has 0 aromatic heterocycles. The van der Waals surface area contributed by atoms with E-state index in [9.17, 15) is 4.79 Å². The van der Waals surface area contributed by atoms with E-state index in [1.807, 2.05) is 0 Å². The molecule has 0 amide bonds. The molecular weight excluding hydrogens is 229 g/mol. The summed E-state index contributed by atoms with van der Waals surface area (Å²) in [4.78, 5) is 10.8. The average molecular weight is 239 g/mol. The maximum absolute atomic E-state index is 10.8. The second-order valence-corrected chi connectivity index (χ2v) is 3.63. The van der Waals surface area contributed by atoms with Gasteiger partial charge in [-0.15, -0.1) is 0 Å². The van der Waals surface area contributed by atoms with E-state index >= 15 is 0 Å². The highest BCUT2D eigenvalue weighted by Gasteiger charge is 2.25.